The van der Waals surface area contributed by atoms with Crippen LogP contribution in [0.2, 0.25) is 0 Å². The van der Waals surface area contributed by atoms with E-state index in [2.05, 4.69) is 4.74 Å². The molecule has 3 aromatic carbocycles. The maximum atomic E-state index is 13.0. The van der Waals surface area contributed by atoms with Crippen LogP contribution in [0.3, 0.4) is 0 Å². The number of phenolic OH excluding ortho intramolecular Hbond substituents is 2. The second-order valence-electron chi connectivity index (χ2n) is 7.67. The number of ether oxygens (including phenoxy) is 2. The first kappa shape index (κ1) is 21.4. The number of alkyl halides is 2. The van der Waals surface area contributed by atoms with Crippen LogP contribution in [0.25, 0.3) is 22.3 Å². The van der Waals surface area contributed by atoms with Gasteiger partial charge in [0.05, 0.1) is 12.0 Å². The van der Waals surface area contributed by atoms with Gasteiger partial charge >= 0.3 is 12.6 Å². The summed E-state index contributed by atoms with van der Waals surface area (Å²) >= 11 is 0. The topological polar surface area (TPSA) is 106 Å². The number of benzene rings is 3. The molecule has 5 rings (SSSR count). The summed E-state index contributed by atoms with van der Waals surface area (Å²) in [5.74, 6) is -3.46. The van der Waals surface area contributed by atoms with Crippen molar-refractivity contribution in [3.05, 3.63) is 82.0 Å². The smallest absolute Gasteiger partial charge is 0.387 e. The lowest BCUT2D eigenvalue weighted by Crippen LogP contribution is -2.22. The van der Waals surface area contributed by atoms with Gasteiger partial charge in [-0.15, -0.1) is 0 Å². The zero-order chi connectivity index (χ0) is 24.0. The number of esters is 1. The molecule has 4 aromatic rings. The fourth-order valence-corrected chi connectivity index (χ4v) is 4.14. The minimum absolute atomic E-state index is 0.0886. The second-order valence-corrected chi connectivity index (χ2v) is 7.67. The van der Waals surface area contributed by atoms with E-state index in [0.29, 0.717) is 11.1 Å². The molecular formula is C25H16F2O7. The average molecular weight is 466 g/mol. The van der Waals surface area contributed by atoms with E-state index in [1.54, 1.807) is 36.4 Å². The molecule has 0 amide bonds. The number of hydrogen-bond acceptors (Lipinski definition) is 7. The molecule has 2 heterocycles. The standard InChI is InChI=1S/C25H16F2O7/c26-25(27)32-14-8-4-7-13(9-14)15-10-18(29)34-24-19(15)23-20(21(30)22(24)31)16(28)11-17(33-23)12-5-2-1-3-6-12/h1-9,11,15,25,30-31H,10H2/t15-/m1/s1. The predicted molar refractivity (Wildman–Crippen MR) is 116 cm³/mol. The number of carbonyl (C=O) groups excluding carboxylic acids is 1. The molecule has 34 heavy (non-hydrogen) atoms. The highest BCUT2D eigenvalue weighted by atomic mass is 19.3. The van der Waals surface area contributed by atoms with Crippen LogP contribution in [0, 0.1) is 0 Å². The molecule has 2 N–H and O–H groups in total. The maximum Gasteiger partial charge on any atom is 0.387 e. The van der Waals surface area contributed by atoms with Crippen molar-refractivity contribution >= 4 is 16.9 Å². The summed E-state index contributed by atoms with van der Waals surface area (Å²) in [6.07, 6.45) is -0.232. The van der Waals surface area contributed by atoms with Crippen molar-refractivity contribution in [3.63, 3.8) is 0 Å². The van der Waals surface area contributed by atoms with E-state index in [4.69, 9.17) is 9.15 Å². The Morgan fingerprint density at radius 2 is 1.74 bits per heavy atom. The van der Waals surface area contributed by atoms with Gasteiger partial charge in [-0.05, 0) is 17.7 Å². The molecule has 1 atom stereocenters. The highest BCUT2D eigenvalue weighted by molar-refractivity contribution is 5.96. The van der Waals surface area contributed by atoms with Crippen molar-refractivity contribution < 1.29 is 37.7 Å². The van der Waals surface area contributed by atoms with Crippen molar-refractivity contribution in [1.29, 1.82) is 0 Å². The van der Waals surface area contributed by atoms with Gasteiger partial charge in [0, 0.05) is 17.5 Å². The molecule has 7 nitrogen and oxygen atoms in total. The number of hydrogen-bond donors (Lipinski definition) is 2. The fourth-order valence-electron chi connectivity index (χ4n) is 4.14. The summed E-state index contributed by atoms with van der Waals surface area (Å²) < 4.78 is 41.2. The first-order chi connectivity index (χ1) is 16.3. The average Bonchev–Trinajstić information content (AvgIpc) is 2.82. The van der Waals surface area contributed by atoms with Crippen LogP contribution >= 0.6 is 0 Å². The molecule has 0 spiro atoms. The molecule has 0 bridgehead atoms. The van der Waals surface area contributed by atoms with Crippen molar-refractivity contribution in [3.8, 4) is 34.3 Å². The van der Waals surface area contributed by atoms with Crippen LogP contribution in [0.4, 0.5) is 8.78 Å². The predicted octanol–water partition coefficient (Wildman–Crippen LogP) is 4.91. The van der Waals surface area contributed by atoms with Crippen molar-refractivity contribution in [2.45, 2.75) is 19.0 Å². The first-order valence-electron chi connectivity index (χ1n) is 10.2. The Balaban J connectivity index is 1.81. The van der Waals surface area contributed by atoms with E-state index in [1.165, 1.54) is 24.3 Å². The number of fused-ring (bicyclic) bond motifs is 3. The molecule has 1 aromatic heterocycles. The van der Waals surface area contributed by atoms with E-state index in [0.717, 1.165) is 0 Å². The molecular weight excluding hydrogens is 450 g/mol. The summed E-state index contributed by atoms with van der Waals surface area (Å²) in [6, 6.07) is 15.6. The van der Waals surface area contributed by atoms with Crippen molar-refractivity contribution in [2.24, 2.45) is 0 Å². The van der Waals surface area contributed by atoms with E-state index in [-0.39, 0.29) is 40.2 Å². The lowest BCUT2D eigenvalue weighted by molar-refractivity contribution is -0.135. The highest BCUT2D eigenvalue weighted by Gasteiger charge is 2.37. The largest absolute Gasteiger partial charge is 0.504 e. The van der Waals surface area contributed by atoms with Crippen LogP contribution in [0.1, 0.15) is 23.5 Å². The SMILES string of the molecule is O=C1C[C@H](c2cccc(OC(F)F)c2)c2c(c(O)c(O)c3c(=O)cc(-c4ccccc4)oc23)O1. The van der Waals surface area contributed by atoms with Crippen LogP contribution in [0.5, 0.6) is 23.0 Å². The van der Waals surface area contributed by atoms with E-state index in [9.17, 15) is 28.6 Å². The van der Waals surface area contributed by atoms with Gasteiger partial charge in [-0.2, -0.15) is 8.78 Å². The number of phenols is 2. The molecule has 0 saturated carbocycles. The number of rotatable bonds is 4. The van der Waals surface area contributed by atoms with Gasteiger partial charge in [0.2, 0.25) is 5.75 Å². The van der Waals surface area contributed by atoms with Gasteiger partial charge in [0.15, 0.2) is 16.9 Å². The Bertz CT molecular complexity index is 1480. The summed E-state index contributed by atoms with van der Waals surface area (Å²) in [7, 11) is 0. The molecule has 0 saturated heterocycles. The van der Waals surface area contributed by atoms with Crippen LogP contribution < -0.4 is 14.9 Å². The Morgan fingerprint density at radius 3 is 2.47 bits per heavy atom. The quantitative estimate of drug-likeness (QED) is 0.250. The molecule has 9 heteroatoms. The Labute approximate surface area is 190 Å². The zero-order valence-corrected chi connectivity index (χ0v) is 17.3. The lowest BCUT2D eigenvalue weighted by Gasteiger charge is -2.27. The summed E-state index contributed by atoms with van der Waals surface area (Å²) in [4.78, 5) is 25.3. The molecule has 172 valence electrons. The minimum atomic E-state index is -3.05. The Hall–Kier alpha value is -4.40. The van der Waals surface area contributed by atoms with E-state index in [1.807, 2.05) is 0 Å². The maximum absolute atomic E-state index is 13.0. The van der Waals surface area contributed by atoms with Gasteiger partial charge in [-0.3, -0.25) is 9.59 Å². The minimum Gasteiger partial charge on any atom is -0.504 e. The zero-order valence-electron chi connectivity index (χ0n) is 17.3. The van der Waals surface area contributed by atoms with Gasteiger partial charge in [-0.25, -0.2) is 0 Å². The van der Waals surface area contributed by atoms with Crippen LogP contribution in [-0.2, 0) is 4.79 Å². The van der Waals surface area contributed by atoms with E-state index < -0.39 is 35.4 Å². The van der Waals surface area contributed by atoms with Gasteiger partial charge < -0.3 is 24.1 Å². The van der Waals surface area contributed by atoms with Crippen molar-refractivity contribution in [1.82, 2.24) is 0 Å². The Morgan fingerprint density at radius 1 is 0.971 bits per heavy atom. The normalized spacial score (nSPS) is 15.3. The molecule has 0 unspecified atom stereocenters. The molecule has 0 aliphatic carbocycles. The number of halogens is 2. The second kappa shape index (κ2) is 8.18. The third kappa shape index (κ3) is 3.61. The summed E-state index contributed by atoms with van der Waals surface area (Å²) in [5.41, 5.74) is 0.388. The molecule has 0 radical (unpaired) electrons. The molecule has 1 aliphatic heterocycles. The number of carbonyl (C=O) groups is 1. The monoisotopic (exact) mass is 466 g/mol. The molecule has 0 fully saturated rings. The number of aromatic hydroxyl groups is 2. The Kier molecular flexibility index (Phi) is 5.16. The first-order valence-corrected chi connectivity index (χ1v) is 10.2. The third-order valence-corrected chi connectivity index (χ3v) is 5.59. The fraction of sp³-hybridized carbons (Fsp3) is 0.120. The van der Waals surface area contributed by atoms with Gasteiger partial charge in [-0.1, -0.05) is 42.5 Å². The van der Waals surface area contributed by atoms with Crippen molar-refractivity contribution in [2.75, 3.05) is 0 Å². The molecule has 1 aliphatic rings. The lowest BCUT2D eigenvalue weighted by atomic mass is 9.84. The van der Waals surface area contributed by atoms with Crippen LogP contribution in [-0.4, -0.2) is 22.8 Å². The highest BCUT2D eigenvalue weighted by Crippen LogP contribution is 2.52. The van der Waals surface area contributed by atoms with Gasteiger partial charge in [0.25, 0.3) is 0 Å². The third-order valence-electron chi connectivity index (χ3n) is 5.59. The van der Waals surface area contributed by atoms with E-state index >= 15 is 0 Å². The summed E-state index contributed by atoms with van der Waals surface area (Å²) in [5, 5.41) is 20.8. The summed E-state index contributed by atoms with van der Waals surface area (Å²) in [6.45, 7) is -3.05. The van der Waals surface area contributed by atoms with Crippen LogP contribution in [0.15, 0.2) is 69.9 Å². The van der Waals surface area contributed by atoms with Gasteiger partial charge in [0.1, 0.15) is 22.5 Å².